The van der Waals surface area contributed by atoms with Gasteiger partial charge in [0.15, 0.2) is 0 Å². The van der Waals surface area contributed by atoms with Gasteiger partial charge in [0, 0.05) is 31.5 Å². The number of amides is 1. The summed E-state index contributed by atoms with van der Waals surface area (Å²) in [5, 5.41) is 12.8. The number of pyridine rings is 1. The van der Waals surface area contributed by atoms with Crippen LogP contribution in [0.2, 0.25) is 0 Å². The number of β-amino-alcohol motifs (C(OH)–C–C–N with tert-alkyl or cyclic N) is 1. The molecule has 2 heterocycles. The number of benzene rings is 1. The molecule has 1 fully saturated rings. The second kappa shape index (κ2) is 7.51. The molecule has 2 N–H and O–H groups in total. The minimum atomic E-state index is -0.510. The molecule has 0 spiro atoms. The Morgan fingerprint density at radius 2 is 2.25 bits per heavy atom. The number of aliphatic hydroxyl groups excluding tert-OH is 1. The molecule has 0 unspecified atom stereocenters. The monoisotopic (exact) mass is 329 g/mol. The summed E-state index contributed by atoms with van der Waals surface area (Å²) in [5.74, 6) is -0.441. The Kier molecular flexibility index (Phi) is 5.17. The van der Waals surface area contributed by atoms with Crippen LogP contribution < -0.4 is 5.32 Å². The first kappa shape index (κ1) is 16.5. The molecule has 6 heteroatoms. The van der Waals surface area contributed by atoms with E-state index in [0.29, 0.717) is 19.5 Å². The second-order valence-corrected chi connectivity index (χ2v) is 6.03. The van der Waals surface area contributed by atoms with Crippen LogP contribution in [-0.4, -0.2) is 40.1 Å². The summed E-state index contributed by atoms with van der Waals surface area (Å²) in [4.78, 5) is 18.1. The third-order valence-corrected chi connectivity index (χ3v) is 4.17. The van der Waals surface area contributed by atoms with Crippen LogP contribution >= 0.6 is 0 Å². The van der Waals surface area contributed by atoms with E-state index in [0.717, 1.165) is 11.1 Å². The Hall–Kier alpha value is -2.31. The van der Waals surface area contributed by atoms with Gasteiger partial charge in [0.1, 0.15) is 5.82 Å². The fraction of sp³-hybridized carbons (Fsp3) is 0.333. The van der Waals surface area contributed by atoms with Crippen molar-refractivity contribution in [1.29, 1.82) is 0 Å². The molecule has 1 aliphatic rings. The number of hydrogen-bond acceptors (Lipinski definition) is 4. The van der Waals surface area contributed by atoms with Gasteiger partial charge in [0.2, 0.25) is 5.91 Å². The molecule has 2 aromatic rings. The molecule has 24 heavy (non-hydrogen) atoms. The van der Waals surface area contributed by atoms with Gasteiger partial charge in [0.05, 0.1) is 12.6 Å². The van der Waals surface area contributed by atoms with Crippen molar-refractivity contribution in [1.82, 2.24) is 15.2 Å². The fourth-order valence-electron chi connectivity index (χ4n) is 3.06. The lowest BCUT2D eigenvalue weighted by Crippen LogP contribution is -2.37. The minimum Gasteiger partial charge on any atom is -0.392 e. The lowest BCUT2D eigenvalue weighted by molar-refractivity contribution is -0.122. The highest BCUT2D eigenvalue weighted by Crippen LogP contribution is 2.32. The Labute approximate surface area is 140 Å². The third kappa shape index (κ3) is 4.15. The predicted molar refractivity (Wildman–Crippen MR) is 87.4 cm³/mol. The summed E-state index contributed by atoms with van der Waals surface area (Å²) in [5.41, 5.74) is 1.71. The van der Waals surface area contributed by atoms with E-state index in [1.54, 1.807) is 18.5 Å². The quantitative estimate of drug-likeness (QED) is 0.875. The minimum absolute atomic E-state index is 0.130. The summed E-state index contributed by atoms with van der Waals surface area (Å²) < 4.78 is 13.4. The predicted octanol–water partition coefficient (Wildman–Crippen LogP) is 1.64. The summed E-state index contributed by atoms with van der Waals surface area (Å²) in [6.07, 6.45) is 3.37. The summed E-state index contributed by atoms with van der Waals surface area (Å²) in [6, 6.07) is 9.88. The molecule has 2 atom stereocenters. The fourth-order valence-corrected chi connectivity index (χ4v) is 3.06. The van der Waals surface area contributed by atoms with E-state index in [1.165, 1.54) is 12.1 Å². The Morgan fingerprint density at radius 3 is 3.00 bits per heavy atom. The van der Waals surface area contributed by atoms with Crippen LogP contribution in [-0.2, 0) is 11.3 Å². The van der Waals surface area contributed by atoms with Gasteiger partial charge >= 0.3 is 0 Å². The van der Waals surface area contributed by atoms with Crippen molar-refractivity contribution in [2.75, 3.05) is 13.1 Å². The van der Waals surface area contributed by atoms with Gasteiger partial charge in [-0.25, -0.2) is 4.39 Å². The third-order valence-electron chi connectivity index (χ3n) is 4.17. The van der Waals surface area contributed by atoms with E-state index in [2.05, 4.69) is 10.3 Å². The lowest BCUT2D eigenvalue weighted by Gasteiger charge is -2.23. The zero-order valence-electron chi connectivity index (χ0n) is 13.2. The van der Waals surface area contributed by atoms with Crippen LogP contribution in [0.25, 0.3) is 0 Å². The number of rotatable bonds is 5. The van der Waals surface area contributed by atoms with E-state index in [1.807, 2.05) is 23.1 Å². The van der Waals surface area contributed by atoms with Crippen LogP contribution in [0.15, 0.2) is 48.8 Å². The SMILES string of the molecule is O=C(CN1C[C@H](O)C[C@@H]1c1cccc(F)c1)NCc1cccnc1. The van der Waals surface area contributed by atoms with Gasteiger partial charge in [-0.1, -0.05) is 18.2 Å². The molecule has 1 aromatic heterocycles. The van der Waals surface area contributed by atoms with Crippen molar-refractivity contribution in [2.45, 2.75) is 25.1 Å². The van der Waals surface area contributed by atoms with Gasteiger partial charge in [-0.05, 0) is 35.7 Å². The maximum atomic E-state index is 13.4. The molecule has 1 saturated heterocycles. The number of halogens is 1. The van der Waals surface area contributed by atoms with Crippen LogP contribution in [0.5, 0.6) is 0 Å². The molecule has 0 bridgehead atoms. The van der Waals surface area contributed by atoms with E-state index < -0.39 is 6.10 Å². The molecule has 5 nitrogen and oxygen atoms in total. The zero-order valence-corrected chi connectivity index (χ0v) is 13.2. The largest absolute Gasteiger partial charge is 0.392 e. The number of aliphatic hydroxyl groups is 1. The molecular formula is C18H20FN3O2. The zero-order chi connectivity index (χ0) is 16.9. The molecule has 1 amide bonds. The highest BCUT2D eigenvalue weighted by atomic mass is 19.1. The van der Waals surface area contributed by atoms with E-state index in [4.69, 9.17) is 0 Å². The average Bonchev–Trinajstić information content (AvgIpc) is 2.94. The van der Waals surface area contributed by atoms with E-state index >= 15 is 0 Å². The van der Waals surface area contributed by atoms with Crippen LogP contribution in [0.3, 0.4) is 0 Å². The van der Waals surface area contributed by atoms with Gasteiger partial charge in [-0.2, -0.15) is 0 Å². The van der Waals surface area contributed by atoms with Crippen LogP contribution in [0.4, 0.5) is 4.39 Å². The number of hydrogen-bond donors (Lipinski definition) is 2. The molecule has 126 valence electrons. The van der Waals surface area contributed by atoms with Gasteiger partial charge in [0.25, 0.3) is 0 Å². The van der Waals surface area contributed by atoms with Crippen molar-refractivity contribution >= 4 is 5.91 Å². The van der Waals surface area contributed by atoms with Crippen LogP contribution in [0, 0.1) is 5.82 Å². The van der Waals surface area contributed by atoms with Gasteiger partial charge in [-0.3, -0.25) is 14.7 Å². The van der Waals surface area contributed by atoms with Crippen molar-refractivity contribution < 1.29 is 14.3 Å². The normalized spacial score (nSPS) is 20.9. The van der Waals surface area contributed by atoms with Gasteiger partial charge < -0.3 is 10.4 Å². The maximum absolute atomic E-state index is 13.4. The van der Waals surface area contributed by atoms with Crippen molar-refractivity contribution in [3.63, 3.8) is 0 Å². The van der Waals surface area contributed by atoms with E-state index in [9.17, 15) is 14.3 Å². The molecule has 0 aliphatic carbocycles. The number of nitrogens with one attached hydrogen (secondary N) is 1. The average molecular weight is 329 g/mol. The maximum Gasteiger partial charge on any atom is 0.234 e. The van der Waals surface area contributed by atoms with Gasteiger partial charge in [-0.15, -0.1) is 0 Å². The molecular weight excluding hydrogens is 309 g/mol. The second-order valence-electron chi connectivity index (χ2n) is 6.03. The first-order chi connectivity index (χ1) is 11.6. The number of aromatic nitrogens is 1. The molecule has 0 saturated carbocycles. The number of carbonyl (C=O) groups excluding carboxylic acids is 1. The summed E-state index contributed by atoms with van der Waals surface area (Å²) in [7, 11) is 0. The highest BCUT2D eigenvalue weighted by Gasteiger charge is 2.33. The van der Waals surface area contributed by atoms with E-state index in [-0.39, 0.29) is 24.3 Å². The smallest absolute Gasteiger partial charge is 0.234 e. The lowest BCUT2D eigenvalue weighted by atomic mass is 10.0. The number of likely N-dealkylation sites (tertiary alicyclic amines) is 1. The Morgan fingerprint density at radius 1 is 1.38 bits per heavy atom. The standard InChI is InChI=1S/C18H20FN3O2/c19-15-5-1-4-14(7-15)17-8-16(23)11-22(17)12-18(24)21-10-13-3-2-6-20-9-13/h1-7,9,16-17,23H,8,10-12H2,(H,21,24)/t16-,17-/m1/s1. The summed E-state index contributed by atoms with van der Waals surface area (Å²) in [6.45, 7) is 0.980. The van der Waals surface area contributed by atoms with Crippen molar-refractivity contribution in [3.8, 4) is 0 Å². The van der Waals surface area contributed by atoms with Crippen LogP contribution in [0.1, 0.15) is 23.6 Å². The number of carbonyl (C=O) groups is 1. The highest BCUT2D eigenvalue weighted by molar-refractivity contribution is 5.78. The first-order valence-electron chi connectivity index (χ1n) is 7.95. The first-order valence-corrected chi connectivity index (χ1v) is 7.95. The number of nitrogens with zero attached hydrogens (tertiary/aromatic N) is 2. The van der Waals surface area contributed by atoms with Crippen molar-refractivity contribution in [3.05, 3.63) is 65.7 Å². The molecule has 3 rings (SSSR count). The Bertz CT molecular complexity index is 696. The molecule has 1 aliphatic heterocycles. The Balaban J connectivity index is 1.61. The molecule has 0 radical (unpaired) electrons. The van der Waals surface area contributed by atoms with Crippen molar-refractivity contribution in [2.24, 2.45) is 0 Å². The molecule has 1 aromatic carbocycles. The topological polar surface area (TPSA) is 65.5 Å². The summed E-state index contributed by atoms with van der Waals surface area (Å²) >= 11 is 0.